The molecule has 0 spiro atoms. The van der Waals surface area contributed by atoms with Gasteiger partial charge >= 0.3 is 6.09 Å². The molecule has 3 rings (SSSR count). The normalized spacial score (nSPS) is 11.7. The molecule has 0 bridgehead atoms. The van der Waals surface area contributed by atoms with Gasteiger partial charge in [-0.2, -0.15) is 0 Å². The molecule has 3 heteroatoms. The third-order valence-electron chi connectivity index (χ3n) is 4.04. The lowest BCUT2D eigenvalue weighted by atomic mass is 10.0. The molecule has 2 aromatic carbocycles. The van der Waals surface area contributed by atoms with E-state index in [9.17, 15) is 4.79 Å². The summed E-state index contributed by atoms with van der Waals surface area (Å²) in [6.07, 6.45) is 0.471. The fourth-order valence-corrected chi connectivity index (χ4v) is 3.00. The predicted octanol–water partition coefficient (Wildman–Crippen LogP) is 5.32. The molecule has 0 aliphatic carbocycles. The molecule has 0 aliphatic rings. The van der Waals surface area contributed by atoms with Crippen molar-refractivity contribution in [2.45, 2.75) is 39.7 Å². The Labute approximate surface area is 142 Å². The van der Waals surface area contributed by atoms with Crippen LogP contribution < -0.4 is 0 Å². The Balaban J connectivity index is 2.11. The summed E-state index contributed by atoms with van der Waals surface area (Å²) >= 11 is 0. The summed E-state index contributed by atoms with van der Waals surface area (Å²) in [4.78, 5) is 12.7. The number of carbonyl (C=O) groups is 1. The van der Waals surface area contributed by atoms with Gasteiger partial charge < -0.3 is 4.74 Å². The van der Waals surface area contributed by atoms with E-state index in [2.05, 4.69) is 18.2 Å². The van der Waals surface area contributed by atoms with E-state index in [1.165, 1.54) is 11.1 Å². The van der Waals surface area contributed by atoms with Crippen LogP contribution in [0.2, 0.25) is 0 Å². The van der Waals surface area contributed by atoms with Crippen LogP contribution >= 0.6 is 0 Å². The summed E-state index contributed by atoms with van der Waals surface area (Å²) in [6.45, 7) is 7.65. The van der Waals surface area contributed by atoms with Crippen molar-refractivity contribution in [1.82, 2.24) is 4.57 Å². The Morgan fingerprint density at radius 2 is 1.62 bits per heavy atom. The van der Waals surface area contributed by atoms with Crippen LogP contribution in [0.5, 0.6) is 0 Å². The number of hydrogen-bond acceptors (Lipinski definition) is 2. The van der Waals surface area contributed by atoms with Gasteiger partial charge in [-0.05, 0) is 51.3 Å². The molecule has 3 aromatic rings. The first-order chi connectivity index (χ1) is 11.4. The molecule has 124 valence electrons. The van der Waals surface area contributed by atoms with Gasteiger partial charge in [0.15, 0.2) is 0 Å². The van der Waals surface area contributed by atoms with E-state index >= 15 is 0 Å². The number of nitrogens with zero attached hydrogens (tertiary/aromatic N) is 1. The summed E-state index contributed by atoms with van der Waals surface area (Å²) in [7, 11) is 0. The molecule has 1 heterocycles. The maximum atomic E-state index is 12.7. The second-order valence-electron chi connectivity index (χ2n) is 7.06. The number of aromatic nitrogens is 1. The Bertz CT molecular complexity index is 870. The van der Waals surface area contributed by atoms with Gasteiger partial charge in [0.25, 0.3) is 0 Å². The summed E-state index contributed by atoms with van der Waals surface area (Å²) in [6, 6.07) is 18.3. The topological polar surface area (TPSA) is 31.2 Å². The Morgan fingerprint density at radius 3 is 2.29 bits per heavy atom. The molecule has 0 saturated heterocycles. The molecular formula is C21H23NO2. The maximum absolute atomic E-state index is 12.7. The van der Waals surface area contributed by atoms with Crippen LogP contribution in [-0.4, -0.2) is 16.3 Å². The van der Waals surface area contributed by atoms with Crippen molar-refractivity contribution in [3.63, 3.8) is 0 Å². The average molecular weight is 321 g/mol. The minimum atomic E-state index is -0.519. The van der Waals surface area contributed by atoms with E-state index in [1.54, 1.807) is 4.57 Å². The van der Waals surface area contributed by atoms with Crippen LogP contribution in [0.1, 0.15) is 37.6 Å². The molecule has 0 atom stereocenters. The molecule has 0 saturated carbocycles. The summed E-state index contributed by atoms with van der Waals surface area (Å²) in [5.74, 6) is 0. The predicted molar refractivity (Wildman–Crippen MR) is 97.6 cm³/mol. The lowest BCUT2D eigenvalue weighted by Crippen LogP contribution is -2.27. The van der Waals surface area contributed by atoms with Crippen LogP contribution in [0.25, 0.3) is 10.9 Å². The van der Waals surface area contributed by atoms with Crippen molar-refractivity contribution in [3.05, 3.63) is 71.4 Å². The molecule has 0 radical (unpaired) electrons. The molecule has 0 aliphatic heterocycles. The Hall–Kier alpha value is -2.55. The van der Waals surface area contributed by atoms with Gasteiger partial charge in [0, 0.05) is 11.1 Å². The van der Waals surface area contributed by atoms with Crippen molar-refractivity contribution in [1.29, 1.82) is 0 Å². The van der Waals surface area contributed by atoms with Gasteiger partial charge in [0.05, 0.1) is 5.52 Å². The first-order valence-corrected chi connectivity index (χ1v) is 8.23. The SMILES string of the molecule is Cc1c(Cc2ccccc2)c2ccccc2n1C(=O)OC(C)(C)C. The van der Waals surface area contributed by atoms with Crippen molar-refractivity contribution in [2.24, 2.45) is 0 Å². The quantitative estimate of drug-likeness (QED) is 0.639. The van der Waals surface area contributed by atoms with Crippen molar-refractivity contribution in [3.8, 4) is 0 Å². The molecule has 0 amide bonds. The highest BCUT2D eigenvalue weighted by atomic mass is 16.6. The third kappa shape index (κ3) is 3.21. The minimum absolute atomic E-state index is 0.324. The van der Waals surface area contributed by atoms with Crippen LogP contribution in [0.4, 0.5) is 4.79 Å². The first kappa shape index (κ1) is 16.3. The van der Waals surface area contributed by atoms with Crippen molar-refractivity contribution in [2.75, 3.05) is 0 Å². The fourth-order valence-electron chi connectivity index (χ4n) is 3.00. The van der Waals surface area contributed by atoms with Crippen LogP contribution in [0.15, 0.2) is 54.6 Å². The molecule has 0 fully saturated rings. The zero-order chi connectivity index (χ0) is 17.3. The molecule has 0 N–H and O–H groups in total. The van der Waals surface area contributed by atoms with Gasteiger partial charge in [0.2, 0.25) is 0 Å². The number of ether oxygens (including phenoxy) is 1. The van der Waals surface area contributed by atoms with Crippen molar-refractivity contribution >= 4 is 17.0 Å². The monoisotopic (exact) mass is 321 g/mol. The molecule has 1 aromatic heterocycles. The second kappa shape index (κ2) is 6.16. The smallest absolute Gasteiger partial charge is 0.419 e. The van der Waals surface area contributed by atoms with Crippen molar-refractivity contribution < 1.29 is 9.53 Å². The number of rotatable bonds is 2. The molecule has 24 heavy (non-hydrogen) atoms. The van der Waals surface area contributed by atoms with E-state index in [-0.39, 0.29) is 6.09 Å². The van der Waals surface area contributed by atoms with Gasteiger partial charge in [0.1, 0.15) is 5.60 Å². The largest absolute Gasteiger partial charge is 0.443 e. The number of benzene rings is 2. The lowest BCUT2D eigenvalue weighted by Gasteiger charge is -2.20. The third-order valence-corrected chi connectivity index (χ3v) is 4.04. The van der Waals surface area contributed by atoms with E-state index in [0.29, 0.717) is 0 Å². The maximum Gasteiger partial charge on any atom is 0.419 e. The van der Waals surface area contributed by atoms with Crippen LogP contribution in [0, 0.1) is 6.92 Å². The van der Waals surface area contributed by atoms with E-state index < -0.39 is 5.60 Å². The zero-order valence-corrected chi connectivity index (χ0v) is 14.7. The summed E-state index contributed by atoms with van der Waals surface area (Å²) in [5.41, 5.74) is 3.72. The van der Waals surface area contributed by atoms with E-state index in [1.807, 2.05) is 64.1 Å². The van der Waals surface area contributed by atoms with E-state index in [0.717, 1.165) is 23.0 Å². The lowest BCUT2D eigenvalue weighted by molar-refractivity contribution is 0.0541. The highest BCUT2D eigenvalue weighted by molar-refractivity contribution is 5.93. The highest BCUT2D eigenvalue weighted by Crippen LogP contribution is 2.29. The number of carbonyl (C=O) groups excluding carboxylic acids is 1. The molecule has 0 unspecified atom stereocenters. The number of hydrogen-bond donors (Lipinski definition) is 0. The molecule has 3 nitrogen and oxygen atoms in total. The van der Waals surface area contributed by atoms with Crippen LogP contribution in [-0.2, 0) is 11.2 Å². The zero-order valence-electron chi connectivity index (χ0n) is 14.7. The fraction of sp³-hybridized carbons (Fsp3) is 0.286. The Kier molecular flexibility index (Phi) is 4.18. The van der Waals surface area contributed by atoms with Gasteiger partial charge in [-0.15, -0.1) is 0 Å². The minimum Gasteiger partial charge on any atom is -0.443 e. The molecular weight excluding hydrogens is 298 g/mol. The standard InChI is InChI=1S/C21H23NO2/c1-15-18(14-16-10-6-5-7-11-16)17-12-8-9-13-19(17)22(15)20(23)24-21(2,3)4/h5-13H,14H2,1-4H3. The number of para-hydroxylation sites is 1. The van der Waals surface area contributed by atoms with Gasteiger partial charge in [-0.25, -0.2) is 9.36 Å². The number of fused-ring (bicyclic) bond motifs is 1. The van der Waals surface area contributed by atoms with Gasteiger partial charge in [-0.1, -0.05) is 48.5 Å². The second-order valence-corrected chi connectivity index (χ2v) is 7.06. The first-order valence-electron chi connectivity index (χ1n) is 8.23. The summed E-state index contributed by atoms with van der Waals surface area (Å²) < 4.78 is 7.29. The van der Waals surface area contributed by atoms with Crippen LogP contribution in [0.3, 0.4) is 0 Å². The highest BCUT2D eigenvalue weighted by Gasteiger charge is 2.23. The summed E-state index contributed by atoms with van der Waals surface area (Å²) in [5, 5.41) is 1.10. The van der Waals surface area contributed by atoms with E-state index in [4.69, 9.17) is 4.74 Å². The Morgan fingerprint density at radius 1 is 1.00 bits per heavy atom. The average Bonchev–Trinajstić information content (AvgIpc) is 2.79. The van der Waals surface area contributed by atoms with Gasteiger partial charge in [-0.3, -0.25) is 0 Å².